The fourth-order valence-electron chi connectivity index (χ4n) is 10.9. The summed E-state index contributed by atoms with van der Waals surface area (Å²) in [5.74, 6) is 0. The van der Waals surface area contributed by atoms with Crippen molar-refractivity contribution in [1.82, 2.24) is 9.13 Å². The van der Waals surface area contributed by atoms with Crippen LogP contribution < -0.4 is 0 Å². The molecule has 0 saturated carbocycles. The quantitative estimate of drug-likeness (QED) is 0.157. The Kier molecular flexibility index (Phi) is 6.86. The fraction of sp³-hybridized carbons (Fsp3) is 0. The van der Waals surface area contributed by atoms with Crippen molar-refractivity contribution in [3.63, 3.8) is 0 Å². The molecule has 0 unspecified atom stereocenters. The lowest BCUT2D eigenvalue weighted by molar-refractivity contribution is 1.18. The highest BCUT2D eigenvalue weighted by Gasteiger charge is 2.23. The van der Waals surface area contributed by atoms with Gasteiger partial charge in [-0.15, -0.1) is 0 Å². The highest BCUT2D eigenvalue weighted by atomic mass is 15.0. The van der Waals surface area contributed by atoms with Gasteiger partial charge in [-0.25, -0.2) is 0 Å². The van der Waals surface area contributed by atoms with Crippen LogP contribution in [0.3, 0.4) is 0 Å². The van der Waals surface area contributed by atoms with E-state index in [0.29, 0.717) is 0 Å². The maximum absolute atomic E-state index is 2.47. The van der Waals surface area contributed by atoms with Crippen LogP contribution in [0.2, 0.25) is 0 Å². The zero-order valence-corrected chi connectivity index (χ0v) is 33.7. The van der Waals surface area contributed by atoms with Crippen molar-refractivity contribution in [3.8, 4) is 55.9 Å². The maximum Gasteiger partial charge on any atom is 0.0625 e. The highest BCUT2D eigenvalue weighted by molar-refractivity contribution is 6.32. The van der Waals surface area contributed by atoms with E-state index in [1.54, 1.807) is 0 Å². The number of para-hydroxylation sites is 2. The Morgan fingerprint density at radius 1 is 0.242 bits per heavy atom. The van der Waals surface area contributed by atoms with E-state index >= 15 is 0 Å². The average molecular weight is 785 g/mol. The first-order chi connectivity index (χ1) is 30.8. The van der Waals surface area contributed by atoms with Gasteiger partial charge in [0.25, 0.3) is 0 Å². The van der Waals surface area contributed by atoms with E-state index in [1.807, 2.05) is 0 Å². The summed E-state index contributed by atoms with van der Waals surface area (Å²) >= 11 is 0. The molecule has 1 aliphatic rings. The summed E-state index contributed by atoms with van der Waals surface area (Å²) in [5.41, 5.74) is 17.4. The van der Waals surface area contributed by atoms with Crippen molar-refractivity contribution in [3.05, 3.63) is 218 Å². The molecule has 0 saturated heterocycles. The van der Waals surface area contributed by atoms with Crippen LogP contribution in [0.4, 0.5) is 0 Å². The van der Waals surface area contributed by atoms with Gasteiger partial charge in [-0.05, 0) is 138 Å². The van der Waals surface area contributed by atoms with Gasteiger partial charge in [-0.3, -0.25) is 0 Å². The van der Waals surface area contributed by atoms with E-state index in [9.17, 15) is 0 Å². The van der Waals surface area contributed by atoms with Gasteiger partial charge in [0, 0.05) is 38.3 Å². The molecule has 0 atom stereocenters. The number of fused-ring (bicyclic) bond motifs is 14. The van der Waals surface area contributed by atoms with E-state index < -0.39 is 0 Å². The first-order valence-electron chi connectivity index (χ1n) is 21.5. The smallest absolute Gasteiger partial charge is 0.0625 e. The largest absolute Gasteiger partial charge is 0.309 e. The van der Waals surface area contributed by atoms with Gasteiger partial charge >= 0.3 is 0 Å². The number of hydrogen-bond acceptors (Lipinski definition) is 0. The van der Waals surface area contributed by atoms with E-state index in [2.05, 4.69) is 228 Å². The zero-order valence-electron chi connectivity index (χ0n) is 33.7. The van der Waals surface area contributed by atoms with Gasteiger partial charge < -0.3 is 9.13 Å². The summed E-state index contributed by atoms with van der Waals surface area (Å²) in [6.07, 6.45) is 0. The second kappa shape index (κ2) is 12.7. The minimum absolute atomic E-state index is 1.15. The van der Waals surface area contributed by atoms with Crippen molar-refractivity contribution >= 4 is 75.9 Å². The van der Waals surface area contributed by atoms with Crippen LogP contribution in [0, 0.1) is 0 Å². The number of hydrogen-bond donors (Lipinski definition) is 0. The number of aromatic nitrogens is 2. The third-order valence-electron chi connectivity index (χ3n) is 13.6. The molecule has 0 bridgehead atoms. The molecule has 286 valence electrons. The Morgan fingerprint density at radius 3 is 1.56 bits per heavy atom. The molecule has 1 aliphatic carbocycles. The summed E-state index contributed by atoms with van der Waals surface area (Å²) in [4.78, 5) is 0. The molecule has 11 aromatic carbocycles. The third kappa shape index (κ3) is 4.64. The third-order valence-corrected chi connectivity index (χ3v) is 13.6. The molecule has 14 rings (SSSR count). The van der Waals surface area contributed by atoms with E-state index in [4.69, 9.17) is 0 Å². The molecule has 0 spiro atoms. The van der Waals surface area contributed by atoms with E-state index in [1.165, 1.54) is 126 Å². The van der Waals surface area contributed by atoms with Crippen molar-refractivity contribution in [2.45, 2.75) is 0 Å². The van der Waals surface area contributed by atoms with Crippen LogP contribution in [0.25, 0.3) is 132 Å². The van der Waals surface area contributed by atoms with Crippen LogP contribution >= 0.6 is 0 Å². The van der Waals surface area contributed by atoms with Crippen LogP contribution in [-0.4, -0.2) is 9.13 Å². The lowest BCUT2D eigenvalue weighted by Gasteiger charge is -2.12. The number of benzene rings is 11. The monoisotopic (exact) mass is 784 g/mol. The molecule has 62 heavy (non-hydrogen) atoms. The van der Waals surface area contributed by atoms with Crippen LogP contribution in [0.1, 0.15) is 0 Å². The standard InChI is InChI=1S/C60H36N2/c1-2-14-42(15-3-1)62-57-32-28-39(35-54(57)59-50-21-8-6-16-44(50)46-18-7-9-22-51(46)60(59)62)38-27-31-56-52(34-38)48-20-10-11-24-55(48)61(56)43-29-25-37(26-30-43)41-33-40-13-12-23-49-45-17-4-5-19-47(45)53(36-41)58(40)49/h1-36H. The van der Waals surface area contributed by atoms with Crippen molar-refractivity contribution < 1.29 is 0 Å². The first-order valence-corrected chi connectivity index (χ1v) is 21.5. The van der Waals surface area contributed by atoms with Gasteiger partial charge in [0.15, 0.2) is 0 Å². The predicted octanol–water partition coefficient (Wildman–Crippen LogP) is 16.3. The van der Waals surface area contributed by atoms with Crippen molar-refractivity contribution in [2.24, 2.45) is 0 Å². The molecule has 2 heterocycles. The summed E-state index contributed by atoms with van der Waals surface area (Å²) < 4.78 is 4.89. The normalized spacial score (nSPS) is 12.2. The van der Waals surface area contributed by atoms with Crippen LogP contribution in [0.5, 0.6) is 0 Å². The van der Waals surface area contributed by atoms with Crippen molar-refractivity contribution in [2.75, 3.05) is 0 Å². The molecule has 0 aliphatic heterocycles. The molecule has 0 radical (unpaired) electrons. The minimum atomic E-state index is 1.15. The molecule has 0 fully saturated rings. The molecule has 0 amide bonds. The van der Waals surface area contributed by atoms with Crippen LogP contribution in [0.15, 0.2) is 218 Å². The Labute approximate surface area is 357 Å². The Bertz CT molecular complexity index is 4010. The van der Waals surface area contributed by atoms with Gasteiger partial charge in [0.2, 0.25) is 0 Å². The summed E-state index contributed by atoms with van der Waals surface area (Å²) in [6.45, 7) is 0. The molecule has 2 aromatic heterocycles. The van der Waals surface area contributed by atoms with Crippen molar-refractivity contribution in [1.29, 1.82) is 0 Å². The predicted molar refractivity (Wildman–Crippen MR) is 263 cm³/mol. The molecular weight excluding hydrogens is 749 g/mol. The average Bonchev–Trinajstić information content (AvgIpc) is 3.98. The lowest BCUT2D eigenvalue weighted by atomic mass is 9.95. The minimum Gasteiger partial charge on any atom is -0.309 e. The zero-order chi connectivity index (χ0) is 40.5. The second-order valence-corrected chi connectivity index (χ2v) is 16.8. The van der Waals surface area contributed by atoms with E-state index in [0.717, 1.165) is 5.69 Å². The van der Waals surface area contributed by atoms with Crippen LogP contribution in [-0.2, 0) is 0 Å². The second-order valence-electron chi connectivity index (χ2n) is 16.8. The molecular formula is C60H36N2. The Hall–Kier alpha value is -8.20. The first kappa shape index (κ1) is 33.6. The number of nitrogens with zero attached hydrogens (tertiary/aromatic N) is 2. The fourth-order valence-corrected chi connectivity index (χ4v) is 10.9. The SMILES string of the molecule is c1ccc(-n2c3ccc(-c4ccc5c(c4)c4ccccc4n5-c4ccc(-c5cc6c7c(cccc7c5)-c5ccccc5-6)cc4)cc3c3c4ccccc4c4ccccc4c32)cc1. The molecule has 13 aromatic rings. The number of rotatable bonds is 4. The summed E-state index contributed by atoms with van der Waals surface area (Å²) in [5, 5.41) is 12.8. The Balaban J connectivity index is 0.923. The molecule has 2 heteroatoms. The lowest BCUT2D eigenvalue weighted by Crippen LogP contribution is -1.94. The van der Waals surface area contributed by atoms with Gasteiger partial charge in [0.05, 0.1) is 22.1 Å². The molecule has 0 N–H and O–H groups in total. The van der Waals surface area contributed by atoms with E-state index in [-0.39, 0.29) is 0 Å². The molecule has 2 nitrogen and oxygen atoms in total. The summed E-state index contributed by atoms with van der Waals surface area (Å²) in [6, 6.07) is 80.9. The van der Waals surface area contributed by atoms with Gasteiger partial charge in [-0.1, -0.05) is 152 Å². The maximum atomic E-state index is 2.47. The Morgan fingerprint density at radius 2 is 0.790 bits per heavy atom. The van der Waals surface area contributed by atoms with Gasteiger partial charge in [0.1, 0.15) is 0 Å². The van der Waals surface area contributed by atoms with Gasteiger partial charge in [-0.2, -0.15) is 0 Å². The summed E-state index contributed by atoms with van der Waals surface area (Å²) in [7, 11) is 0. The highest BCUT2D eigenvalue weighted by Crippen LogP contribution is 2.49. The topological polar surface area (TPSA) is 9.86 Å².